The summed E-state index contributed by atoms with van der Waals surface area (Å²) in [4.78, 5) is 2.49. The molecule has 0 aliphatic heterocycles. The van der Waals surface area contributed by atoms with Crippen LogP contribution in [0.1, 0.15) is 69.6 Å². The monoisotopic (exact) mass is 800 g/mol. The fourth-order valence-corrected chi connectivity index (χ4v) is 13.5. The second kappa shape index (κ2) is 13.3. The maximum Gasteiger partial charge on any atom is 0.0619 e. The molecular formula is C60H52N2. The van der Waals surface area contributed by atoms with Crippen molar-refractivity contribution in [3.05, 3.63) is 193 Å². The lowest BCUT2D eigenvalue weighted by Gasteiger charge is -2.42. The van der Waals surface area contributed by atoms with Crippen molar-refractivity contribution < 1.29 is 0 Å². The zero-order chi connectivity index (χ0) is 41.3. The minimum Gasteiger partial charge on any atom is -0.310 e. The quantitative estimate of drug-likeness (QED) is 0.163. The number of para-hydroxylation sites is 1. The first-order valence-corrected chi connectivity index (χ1v) is 23.1. The highest BCUT2D eigenvalue weighted by molar-refractivity contribution is 6.18. The van der Waals surface area contributed by atoms with Gasteiger partial charge in [-0.25, -0.2) is 0 Å². The number of fused-ring (bicyclic) bond motifs is 9. The molecule has 3 fully saturated rings. The Balaban J connectivity index is 0.905. The molecule has 2 heteroatoms. The van der Waals surface area contributed by atoms with E-state index in [1.54, 1.807) is 5.56 Å². The normalized spacial score (nSPS) is 23.0. The molecule has 302 valence electrons. The second-order valence-corrected chi connectivity index (χ2v) is 20.1. The summed E-state index contributed by atoms with van der Waals surface area (Å²) < 4.78 is 2.47. The fraction of sp³-hybridized carbons (Fsp3) is 0.233. The molecule has 62 heavy (non-hydrogen) atoms. The number of benzene rings is 8. The van der Waals surface area contributed by atoms with E-state index in [-0.39, 0.29) is 5.41 Å². The van der Waals surface area contributed by atoms with Gasteiger partial charge in [-0.3, -0.25) is 0 Å². The molecule has 0 radical (unpaired) electrons. The summed E-state index contributed by atoms with van der Waals surface area (Å²) in [5, 5.41) is 5.10. The van der Waals surface area contributed by atoms with Crippen LogP contribution in [-0.4, -0.2) is 4.57 Å². The maximum absolute atomic E-state index is 2.52. The van der Waals surface area contributed by atoms with Crippen molar-refractivity contribution in [1.82, 2.24) is 4.57 Å². The van der Waals surface area contributed by atoms with Crippen LogP contribution in [0.4, 0.5) is 17.1 Å². The van der Waals surface area contributed by atoms with Crippen molar-refractivity contribution in [3.63, 3.8) is 0 Å². The van der Waals surface area contributed by atoms with Crippen LogP contribution < -0.4 is 4.90 Å². The van der Waals surface area contributed by atoms with Crippen LogP contribution in [0.15, 0.2) is 176 Å². The molecule has 0 amide bonds. The van der Waals surface area contributed by atoms with Crippen molar-refractivity contribution in [2.75, 3.05) is 4.90 Å². The predicted molar refractivity (Wildman–Crippen MR) is 260 cm³/mol. The van der Waals surface area contributed by atoms with Gasteiger partial charge < -0.3 is 9.47 Å². The Bertz CT molecular complexity index is 3230. The number of hydrogen-bond acceptors (Lipinski definition) is 1. The highest BCUT2D eigenvalue weighted by Gasteiger charge is 2.57. The fourth-order valence-electron chi connectivity index (χ4n) is 13.5. The largest absolute Gasteiger partial charge is 0.310 e. The molecule has 3 saturated carbocycles. The average Bonchev–Trinajstić information content (AvgIpc) is 3.85. The first-order valence-electron chi connectivity index (χ1n) is 23.1. The molecule has 13 rings (SSSR count). The molecule has 0 spiro atoms. The minimum absolute atomic E-state index is 0.0793. The third-order valence-electron chi connectivity index (χ3n) is 16.2. The van der Waals surface area contributed by atoms with E-state index in [2.05, 4.69) is 206 Å². The van der Waals surface area contributed by atoms with Gasteiger partial charge in [0.25, 0.3) is 0 Å². The summed E-state index contributed by atoms with van der Waals surface area (Å²) in [6.45, 7) is 7.29. The Kier molecular flexibility index (Phi) is 7.79. The van der Waals surface area contributed by atoms with Gasteiger partial charge in [0.2, 0.25) is 0 Å². The third-order valence-corrected chi connectivity index (χ3v) is 16.2. The SMILES string of the molecule is C[C@H]1CC2C[C@H]3CC(c4ccc(N(c5ccc(-c6cccc(-n7c8ccccc8c8ccc9ccccc9c87)c6)cc5)c5ccc6c(c5)C(C)(C)c5ccccc5-6)cc4)(CC23)C1. The van der Waals surface area contributed by atoms with Crippen molar-refractivity contribution in [3.8, 4) is 27.9 Å². The Morgan fingerprint density at radius 3 is 2.10 bits per heavy atom. The molecule has 9 aromatic rings. The smallest absolute Gasteiger partial charge is 0.0619 e. The molecule has 2 nitrogen and oxygen atoms in total. The summed E-state index contributed by atoms with van der Waals surface area (Å²) in [6.07, 6.45) is 7.03. The minimum atomic E-state index is -0.0793. The molecule has 1 aromatic heterocycles. The van der Waals surface area contributed by atoms with Crippen LogP contribution in [0.3, 0.4) is 0 Å². The van der Waals surface area contributed by atoms with Crippen LogP contribution in [-0.2, 0) is 10.8 Å². The Morgan fingerprint density at radius 1 is 0.516 bits per heavy atom. The molecule has 5 atom stereocenters. The van der Waals surface area contributed by atoms with Gasteiger partial charge in [0, 0.05) is 44.3 Å². The summed E-state index contributed by atoms with van der Waals surface area (Å²) in [5.41, 5.74) is 17.0. The second-order valence-electron chi connectivity index (χ2n) is 20.1. The highest BCUT2D eigenvalue weighted by Crippen LogP contribution is 2.65. The standard InChI is InChI=1S/C60H52N2/c1-38-31-42-32-43-36-60(35-38,37-54(42)43)44-22-26-46(27-23-44)61(48-28-30-51-50-15-6-8-17-55(50)59(2,3)56(51)34-48)45-24-19-39(20-25-45)41-12-10-13-47(33-41)62-57-18-9-7-16-52(57)53-29-21-40-11-4-5-14-49(40)58(53)62/h4-30,33-34,38,42-43,54H,31-32,35-37H2,1-3H3/t38-,42?,43-,54?,60?/m0/s1. The van der Waals surface area contributed by atoms with Gasteiger partial charge in [0.1, 0.15) is 0 Å². The third kappa shape index (κ3) is 5.28. The molecule has 0 saturated heterocycles. The van der Waals surface area contributed by atoms with Crippen LogP contribution in [0.5, 0.6) is 0 Å². The van der Waals surface area contributed by atoms with E-state index in [0.29, 0.717) is 5.41 Å². The topological polar surface area (TPSA) is 8.17 Å². The van der Waals surface area contributed by atoms with Crippen LogP contribution in [0.2, 0.25) is 0 Å². The van der Waals surface area contributed by atoms with Crippen molar-refractivity contribution >= 4 is 49.6 Å². The van der Waals surface area contributed by atoms with Gasteiger partial charge in [-0.15, -0.1) is 0 Å². The van der Waals surface area contributed by atoms with Gasteiger partial charge in [-0.2, -0.15) is 0 Å². The lowest BCUT2D eigenvalue weighted by Crippen LogP contribution is -2.34. The maximum atomic E-state index is 2.52. The summed E-state index contributed by atoms with van der Waals surface area (Å²) >= 11 is 0. The summed E-state index contributed by atoms with van der Waals surface area (Å²) in [7, 11) is 0. The van der Waals surface area contributed by atoms with E-state index in [9.17, 15) is 0 Å². The van der Waals surface area contributed by atoms with Gasteiger partial charge in [0.15, 0.2) is 0 Å². The van der Waals surface area contributed by atoms with Crippen LogP contribution >= 0.6 is 0 Å². The number of aromatic nitrogens is 1. The molecule has 4 aliphatic carbocycles. The van der Waals surface area contributed by atoms with Gasteiger partial charge in [0.05, 0.1) is 11.0 Å². The zero-order valence-electron chi connectivity index (χ0n) is 36.0. The van der Waals surface area contributed by atoms with E-state index < -0.39 is 0 Å². The van der Waals surface area contributed by atoms with E-state index >= 15 is 0 Å². The van der Waals surface area contributed by atoms with E-state index in [1.165, 1.54) is 121 Å². The molecule has 3 unspecified atom stereocenters. The van der Waals surface area contributed by atoms with Crippen LogP contribution in [0.25, 0.3) is 60.5 Å². The Hall–Kier alpha value is -6.38. The number of rotatable bonds is 6. The van der Waals surface area contributed by atoms with Gasteiger partial charge in [-0.05, 0) is 160 Å². The van der Waals surface area contributed by atoms with E-state index in [4.69, 9.17) is 0 Å². The molecule has 1 heterocycles. The zero-order valence-corrected chi connectivity index (χ0v) is 36.0. The lowest BCUT2D eigenvalue weighted by atomic mass is 9.63. The number of hydrogen-bond donors (Lipinski definition) is 0. The summed E-state index contributed by atoms with van der Waals surface area (Å²) in [5.74, 6) is 3.69. The predicted octanol–water partition coefficient (Wildman–Crippen LogP) is 16.1. The van der Waals surface area contributed by atoms with Gasteiger partial charge >= 0.3 is 0 Å². The molecule has 4 aliphatic rings. The molecule has 0 N–H and O–H groups in total. The number of nitrogens with zero attached hydrogens (tertiary/aromatic N) is 2. The van der Waals surface area contributed by atoms with E-state index in [0.717, 1.165) is 23.7 Å². The highest BCUT2D eigenvalue weighted by atomic mass is 15.1. The van der Waals surface area contributed by atoms with E-state index in [1.807, 2.05) is 0 Å². The Morgan fingerprint density at radius 2 is 1.24 bits per heavy atom. The molecular weight excluding hydrogens is 749 g/mol. The van der Waals surface area contributed by atoms with Crippen molar-refractivity contribution in [2.24, 2.45) is 23.7 Å². The number of anilines is 3. The first kappa shape index (κ1) is 36.3. The van der Waals surface area contributed by atoms with Crippen molar-refractivity contribution in [2.45, 2.75) is 63.7 Å². The molecule has 2 bridgehead atoms. The Labute approximate surface area is 365 Å². The lowest BCUT2D eigenvalue weighted by molar-refractivity contribution is 0.0780. The van der Waals surface area contributed by atoms with Crippen molar-refractivity contribution in [1.29, 1.82) is 0 Å². The van der Waals surface area contributed by atoms with Gasteiger partial charge in [-0.1, -0.05) is 142 Å². The average molecular weight is 801 g/mol. The summed E-state index contributed by atoms with van der Waals surface area (Å²) in [6, 6.07) is 66.6. The first-order chi connectivity index (χ1) is 30.3. The van der Waals surface area contributed by atoms with Crippen LogP contribution in [0, 0.1) is 23.7 Å². The molecule has 8 aromatic carbocycles.